The van der Waals surface area contributed by atoms with Gasteiger partial charge in [0.1, 0.15) is 0 Å². The first-order valence-electron chi connectivity index (χ1n) is 5.19. The molecule has 1 amide bonds. The van der Waals surface area contributed by atoms with E-state index in [1.807, 2.05) is 0 Å². The van der Waals surface area contributed by atoms with Crippen molar-refractivity contribution in [3.63, 3.8) is 0 Å². The van der Waals surface area contributed by atoms with Crippen molar-refractivity contribution >= 4 is 5.91 Å². The number of carbonyl (C=O) groups is 1. The Kier molecular flexibility index (Phi) is 2.06. The molecule has 2 rings (SSSR count). The zero-order valence-electron chi connectivity index (χ0n) is 7.96. The van der Waals surface area contributed by atoms with Gasteiger partial charge in [-0.3, -0.25) is 4.79 Å². The van der Waals surface area contributed by atoms with Crippen LogP contribution in [-0.4, -0.2) is 11.9 Å². The predicted molar refractivity (Wildman–Crippen MR) is 50.8 cm³/mol. The third-order valence-electron chi connectivity index (χ3n) is 4.02. The molecule has 3 nitrogen and oxygen atoms in total. The Morgan fingerprint density at radius 1 is 1.31 bits per heavy atom. The lowest BCUT2D eigenvalue weighted by Gasteiger charge is -2.51. The third-order valence-corrected chi connectivity index (χ3v) is 4.02. The average Bonchev–Trinajstić information content (AvgIpc) is 2.02. The highest BCUT2D eigenvalue weighted by Gasteiger charge is 2.47. The van der Waals surface area contributed by atoms with Crippen LogP contribution in [0.3, 0.4) is 0 Å². The molecule has 0 saturated heterocycles. The molecule has 2 unspecified atom stereocenters. The first kappa shape index (κ1) is 9.00. The van der Waals surface area contributed by atoms with Crippen molar-refractivity contribution in [2.45, 2.75) is 44.6 Å². The molecule has 1 spiro atoms. The quantitative estimate of drug-likeness (QED) is 0.629. The van der Waals surface area contributed by atoms with Crippen LogP contribution in [0.4, 0.5) is 0 Å². The number of rotatable bonds is 1. The van der Waals surface area contributed by atoms with Gasteiger partial charge in [0, 0.05) is 12.0 Å². The van der Waals surface area contributed by atoms with Gasteiger partial charge in [-0.1, -0.05) is 6.42 Å². The summed E-state index contributed by atoms with van der Waals surface area (Å²) < 4.78 is 0. The van der Waals surface area contributed by atoms with Crippen LogP contribution in [0.1, 0.15) is 38.5 Å². The Labute approximate surface area is 78.9 Å². The van der Waals surface area contributed by atoms with Crippen LogP contribution < -0.4 is 11.5 Å². The molecular weight excluding hydrogens is 164 g/mol. The second-order valence-electron chi connectivity index (χ2n) is 4.70. The first-order chi connectivity index (χ1) is 6.14. The molecule has 0 aliphatic heterocycles. The van der Waals surface area contributed by atoms with Crippen molar-refractivity contribution < 1.29 is 4.79 Å². The van der Waals surface area contributed by atoms with E-state index in [0.717, 1.165) is 19.3 Å². The van der Waals surface area contributed by atoms with E-state index < -0.39 is 0 Å². The minimum atomic E-state index is -0.127. The first-order valence-corrected chi connectivity index (χ1v) is 5.19. The van der Waals surface area contributed by atoms with Crippen molar-refractivity contribution in [3.05, 3.63) is 0 Å². The summed E-state index contributed by atoms with van der Waals surface area (Å²) in [5.74, 6) is -0.0294. The second kappa shape index (κ2) is 2.98. The summed E-state index contributed by atoms with van der Waals surface area (Å²) in [5, 5.41) is 0. The topological polar surface area (TPSA) is 69.1 Å². The van der Waals surface area contributed by atoms with Gasteiger partial charge in [-0.25, -0.2) is 0 Å². The van der Waals surface area contributed by atoms with Gasteiger partial charge in [-0.05, 0) is 37.5 Å². The van der Waals surface area contributed by atoms with Gasteiger partial charge < -0.3 is 11.5 Å². The normalized spacial score (nSPS) is 37.0. The largest absolute Gasteiger partial charge is 0.369 e. The van der Waals surface area contributed by atoms with Gasteiger partial charge in [0.05, 0.1) is 0 Å². The Hall–Kier alpha value is -0.570. The fourth-order valence-electron chi connectivity index (χ4n) is 2.88. The van der Waals surface area contributed by atoms with Gasteiger partial charge in [0.15, 0.2) is 0 Å². The van der Waals surface area contributed by atoms with E-state index in [-0.39, 0.29) is 17.2 Å². The van der Waals surface area contributed by atoms with Gasteiger partial charge >= 0.3 is 0 Å². The maximum Gasteiger partial charge on any atom is 0.220 e. The Morgan fingerprint density at radius 3 is 2.46 bits per heavy atom. The number of hydrogen-bond donors (Lipinski definition) is 2. The van der Waals surface area contributed by atoms with Gasteiger partial charge in [0.2, 0.25) is 5.91 Å². The molecule has 2 aliphatic carbocycles. The van der Waals surface area contributed by atoms with Crippen LogP contribution in [0.2, 0.25) is 0 Å². The maximum atomic E-state index is 11.1. The molecule has 4 N–H and O–H groups in total. The molecule has 2 aliphatic rings. The SMILES string of the molecule is NC(=O)C1CCC(N)C2(CCC2)C1. The Balaban J connectivity index is 2.05. The Bertz CT molecular complexity index is 223. The summed E-state index contributed by atoms with van der Waals surface area (Å²) in [7, 11) is 0. The minimum Gasteiger partial charge on any atom is -0.369 e. The molecule has 74 valence electrons. The van der Waals surface area contributed by atoms with Crippen molar-refractivity contribution in [1.82, 2.24) is 0 Å². The fourth-order valence-corrected chi connectivity index (χ4v) is 2.88. The standard InChI is InChI=1S/C10H18N2O/c11-8-3-2-7(9(12)13)6-10(8)4-1-5-10/h7-8H,1-6,11H2,(H2,12,13). The van der Waals surface area contributed by atoms with E-state index in [0.29, 0.717) is 6.04 Å². The maximum absolute atomic E-state index is 11.1. The summed E-state index contributed by atoms with van der Waals surface area (Å²) in [6.45, 7) is 0. The highest BCUT2D eigenvalue weighted by molar-refractivity contribution is 5.76. The van der Waals surface area contributed by atoms with E-state index in [9.17, 15) is 4.79 Å². The molecule has 0 aromatic heterocycles. The lowest BCUT2D eigenvalue weighted by molar-refractivity contribution is -0.125. The number of carbonyl (C=O) groups excluding carboxylic acids is 1. The molecule has 0 aromatic carbocycles. The smallest absolute Gasteiger partial charge is 0.220 e. The fraction of sp³-hybridized carbons (Fsp3) is 0.900. The summed E-state index contributed by atoms with van der Waals surface area (Å²) in [6, 6.07) is 0.317. The molecule has 13 heavy (non-hydrogen) atoms. The van der Waals surface area contributed by atoms with E-state index in [1.165, 1.54) is 19.3 Å². The summed E-state index contributed by atoms with van der Waals surface area (Å²) in [4.78, 5) is 11.1. The van der Waals surface area contributed by atoms with E-state index in [1.54, 1.807) is 0 Å². The van der Waals surface area contributed by atoms with Crippen molar-refractivity contribution in [2.75, 3.05) is 0 Å². The number of hydrogen-bond acceptors (Lipinski definition) is 2. The molecule has 0 radical (unpaired) electrons. The molecule has 2 saturated carbocycles. The highest BCUT2D eigenvalue weighted by atomic mass is 16.1. The highest BCUT2D eigenvalue weighted by Crippen LogP contribution is 2.52. The van der Waals surface area contributed by atoms with Crippen LogP contribution in [-0.2, 0) is 4.79 Å². The molecule has 2 atom stereocenters. The Morgan fingerprint density at radius 2 is 2.00 bits per heavy atom. The van der Waals surface area contributed by atoms with E-state index in [2.05, 4.69) is 0 Å². The molecule has 0 aromatic rings. The molecule has 2 fully saturated rings. The average molecular weight is 182 g/mol. The molecule has 3 heteroatoms. The van der Waals surface area contributed by atoms with Gasteiger partial charge in [0.25, 0.3) is 0 Å². The van der Waals surface area contributed by atoms with E-state index in [4.69, 9.17) is 11.5 Å². The van der Waals surface area contributed by atoms with Crippen LogP contribution in [0.15, 0.2) is 0 Å². The third kappa shape index (κ3) is 1.35. The summed E-state index contributed by atoms with van der Waals surface area (Å²) in [5.41, 5.74) is 11.7. The zero-order chi connectivity index (χ0) is 9.47. The lowest BCUT2D eigenvalue weighted by atomic mass is 9.56. The van der Waals surface area contributed by atoms with Gasteiger partial charge in [-0.15, -0.1) is 0 Å². The number of nitrogens with two attached hydrogens (primary N) is 2. The van der Waals surface area contributed by atoms with Crippen molar-refractivity contribution in [1.29, 1.82) is 0 Å². The van der Waals surface area contributed by atoms with E-state index >= 15 is 0 Å². The van der Waals surface area contributed by atoms with Crippen LogP contribution >= 0.6 is 0 Å². The minimum absolute atomic E-state index is 0.0973. The summed E-state index contributed by atoms with van der Waals surface area (Å²) >= 11 is 0. The van der Waals surface area contributed by atoms with Gasteiger partial charge in [-0.2, -0.15) is 0 Å². The predicted octanol–water partition coefficient (Wildman–Crippen LogP) is 0.769. The molecule has 0 heterocycles. The molecule has 0 bridgehead atoms. The summed E-state index contributed by atoms with van der Waals surface area (Å²) in [6.07, 6.45) is 6.52. The number of primary amides is 1. The van der Waals surface area contributed by atoms with Crippen LogP contribution in [0, 0.1) is 11.3 Å². The van der Waals surface area contributed by atoms with Crippen molar-refractivity contribution in [3.8, 4) is 0 Å². The lowest BCUT2D eigenvalue weighted by Crippen LogP contribution is -2.52. The number of amides is 1. The van der Waals surface area contributed by atoms with Crippen LogP contribution in [0.5, 0.6) is 0 Å². The van der Waals surface area contributed by atoms with Crippen molar-refractivity contribution in [2.24, 2.45) is 22.8 Å². The second-order valence-corrected chi connectivity index (χ2v) is 4.70. The molecular formula is C10H18N2O. The monoisotopic (exact) mass is 182 g/mol. The van der Waals surface area contributed by atoms with Crippen LogP contribution in [0.25, 0.3) is 0 Å². The zero-order valence-corrected chi connectivity index (χ0v) is 7.96.